The number of nitrogens with one attached hydrogen (secondary N) is 3. The molecule has 0 aliphatic carbocycles. The lowest BCUT2D eigenvalue weighted by Gasteiger charge is -2.20. The summed E-state index contributed by atoms with van der Waals surface area (Å²) in [6.45, 7) is 5.82. The first-order chi connectivity index (χ1) is 8.94. The molecule has 0 unspecified atom stereocenters. The van der Waals surface area contributed by atoms with E-state index in [0.717, 1.165) is 16.9 Å². The molecule has 0 fully saturated rings. The van der Waals surface area contributed by atoms with Crippen LogP contribution >= 0.6 is 0 Å². The first-order valence-electron chi connectivity index (χ1n) is 6.12. The molecule has 0 aliphatic heterocycles. The highest BCUT2D eigenvalue weighted by molar-refractivity contribution is 5.89. The molecule has 0 atom stereocenters. The van der Waals surface area contributed by atoms with Gasteiger partial charge in [-0.2, -0.15) is 0 Å². The Balaban J connectivity index is 2.01. The Hall–Kier alpha value is -2.30. The minimum absolute atomic E-state index is 0.207. The molecular weight excluding hydrogens is 240 g/mol. The van der Waals surface area contributed by atoms with Gasteiger partial charge < -0.3 is 15.6 Å². The van der Waals surface area contributed by atoms with E-state index in [1.54, 1.807) is 12.5 Å². The molecule has 3 N–H and O–H groups in total. The lowest BCUT2D eigenvalue weighted by molar-refractivity contribution is 0.244. The smallest absolute Gasteiger partial charge is 0.319 e. The van der Waals surface area contributed by atoms with E-state index in [-0.39, 0.29) is 11.6 Å². The zero-order valence-corrected chi connectivity index (χ0v) is 11.3. The van der Waals surface area contributed by atoms with Crippen molar-refractivity contribution in [1.29, 1.82) is 0 Å². The minimum atomic E-state index is -0.250. The van der Waals surface area contributed by atoms with Crippen LogP contribution in [0.5, 0.6) is 0 Å². The van der Waals surface area contributed by atoms with Crippen LogP contribution in [0, 0.1) is 0 Å². The molecule has 1 heterocycles. The summed E-state index contributed by atoms with van der Waals surface area (Å²) < 4.78 is 0. The standard InChI is InChI=1S/C14H18N4O/c1-14(2,3)18-13(19)17-11-6-4-10(5-7-11)12-8-15-9-16-12/h4-9H,1-3H3,(H,15,16)(H2,17,18,19). The van der Waals surface area contributed by atoms with Crippen molar-refractivity contribution in [2.75, 3.05) is 5.32 Å². The Morgan fingerprint density at radius 2 is 1.89 bits per heavy atom. The van der Waals surface area contributed by atoms with Gasteiger partial charge in [0.2, 0.25) is 0 Å². The van der Waals surface area contributed by atoms with Gasteiger partial charge in [0.05, 0.1) is 18.2 Å². The Morgan fingerprint density at radius 3 is 2.42 bits per heavy atom. The van der Waals surface area contributed by atoms with Gasteiger partial charge in [0, 0.05) is 11.2 Å². The third-order valence-corrected chi connectivity index (χ3v) is 2.44. The molecule has 2 amide bonds. The Kier molecular flexibility index (Phi) is 3.55. The molecule has 0 saturated heterocycles. The van der Waals surface area contributed by atoms with Gasteiger partial charge in [0.15, 0.2) is 0 Å². The normalized spacial score (nSPS) is 11.1. The van der Waals surface area contributed by atoms with E-state index in [1.165, 1.54) is 0 Å². The minimum Gasteiger partial charge on any atom is -0.345 e. The van der Waals surface area contributed by atoms with Crippen LogP contribution in [0.25, 0.3) is 11.3 Å². The fraction of sp³-hybridized carbons (Fsp3) is 0.286. The van der Waals surface area contributed by atoms with Crippen molar-refractivity contribution >= 4 is 11.7 Å². The van der Waals surface area contributed by atoms with E-state index in [4.69, 9.17) is 0 Å². The summed E-state index contributed by atoms with van der Waals surface area (Å²) in [6, 6.07) is 7.37. The molecule has 0 saturated carbocycles. The molecule has 0 radical (unpaired) electrons. The number of benzene rings is 1. The number of aromatic amines is 1. The molecule has 0 spiro atoms. The molecule has 19 heavy (non-hydrogen) atoms. The van der Waals surface area contributed by atoms with Crippen LogP contribution in [0.2, 0.25) is 0 Å². The predicted molar refractivity (Wildman–Crippen MR) is 75.9 cm³/mol. The number of amides is 2. The van der Waals surface area contributed by atoms with E-state index < -0.39 is 0 Å². The third kappa shape index (κ3) is 3.84. The van der Waals surface area contributed by atoms with Crippen LogP contribution in [0.1, 0.15) is 20.8 Å². The SMILES string of the molecule is CC(C)(C)NC(=O)Nc1ccc(-c2cnc[nH]2)cc1. The fourth-order valence-electron chi connectivity index (χ4n) is 1.65. The number of anilines is 1. The maximum Gasteiger partial charge on any atom is 0.319 e. The number of hydrogen-bond acceptors (Lipinski definition) is 2. The van der Waals surface area contributed by atoms with E-state index >= 15 is 0 Å². The third-order valence-electron chi connectivity index (χ3n) is 2.44. The quantitative estimate of drug-likeness (QED) is 0.775. The monoisotopic (exact) mass is 258 g/mol. The molecule has 2 aromatic rings. The number of nitrogens with zero attached hydrogens (tertiary/aromatic N) is 1. The van der Waals surface area contributed by atoms with Crippen LogP contribution in [0.4, 0.5) is 10.5 Å². The molecule has 1 aromatic heterocycles. The number of imidazole rings is 1. The molecule has 1 aromatic carbocycles. The molecule has 0 bridgehead atoms. The number of carbonyl (C=O) groups is 1. The summed E-state index contributed by atoms with van der Waals surface area (Å²) in [6.07, 6.45) is 3.40. The van der Waals surface area contributed by atoms with Crippen LogP contribution in [0.15, 0.2) is 36.8 Å². The number of H-pyrrole nitrogens is 1. The van der Waals surface area contributed by atoms with Crippen molar-refractivity contribution in [3.63, 3.8) is 0 Å². The highest BCUT2D eigenvalue weighted by Gasteiger charge is 2.13. The van der Waals surface area contributed by atoms with Crippen LogP contribution < -0.4 is 10.6 Å². The van der Waals surface area contributed by atoms with Crippen LogP contribution in [-0.2, 0) is 0 Å². The van der Waals surface area contributed by atoms with Crippen LogP contribution in [-0.4, -0.2) is 21.5 Å². The predicted octanol–water partition coefficient (Wildman–Crippen LogP) is 3.00. The molecular formula is C14H18N4O. The van der Waals surface area contributed by atoms with Gasteiger partial charge in [-0.1, -0.05) is 12.1 Å². The Bertz CT molecular complexity index is 538. The van der Waals surface area contributed by atoms with E-state index in [1.807, 2.05) is 45.0 Å². The van der Waals surface area contributed by atoms with E-state index in [0.29, 0.717) is 0 Å². The number of urea groups is 1. The van der Waals surface area contributed by atoms with Crippen molar-refractivity contribution in [3.8, 4) is 11.3 Å². The average Bonchev–Trinajstić information content (AvgIpc) is 2.80. The highest BCUT2D eigenvalue weighted by atomic mass is 16.2. The Labute approximate surface area is 112 Å². The van der Waals surface area contributed by atoms with Crippen molar-refractivity contribution in [3.05, 3.63) is 36.8 Å². The van der Waals surface area contributed by atoms with Gasteiger partial charge in [-0.3, -0.25) is 0 Å². The Morgan fingerprint density at radius 1 is 1.21 bits per heavy atom. The van der Waals surface area contributed by atoms with Crippen molar-refractivity contribution in [2.24, 2.45) is 0 Å². The van der Waals surface area contributed by atoms with Crippen molar-refractivity contribution in [2.45, 2.75) is 26.3 Å². The molecule has 2 rings (SSSR count). The van der Waals surface area contributed by atoms with E-state index in [2.05, 4.69) is 20.6 Å². The second-order valence-electron chi connectivity index (χ2n) is 5.37. The summed E-state index contributed by atoms with van der Waals surface area (Å²) in [5.41, 5.74) is 2.48. The maximum absolute atomic E-state index is 11.7. The van der Waals surface area contributed by atoms with Gasteiger partial charge in [-0.25, -0.2) is 9.78 Å². The summed E-state index contributed by atoms with van der Waals surface area (Å²) in [5.74, 6) is 0. The molecule has 0 aliphatic rings. The number of rotatable bonds is 2. The van der Waals surface area contributed by atoms with Gasteiger partial charge in [-0.05, 0) is 38.5 Å². The van der Waals surface area contributed by atoms with Gasteiger partial charge in [0.1, 0.15) is 0 Å². The highest BCUT2D eigenvalue weighted by Crippen LogP contribution is 2.18. The largest absolute Gasteiger partial charge is 0.345 e. The van der Waals surface area contributed by atoms with Crippen LogP contribution in [0.3, 0.4) is 0 Å². The van der Waals surface area contributed by atoms with E-state index in [9.17, 15) is 4.79 Å². The first kappa shape index (κ1) is 13.1. The van der Waals surface area contributed by atoms with Gasteiger partial charge >= 0.3 is 6.03 Å². The van der Waals surface area contributed by atoms with Crippen molar-refractivity contribution in [1.82, 2.24) is 15.3 Å². The second kappa shape index (κ2) is 5.14. The first-order valence-corrected chi connectivity index (χ1v) is 6.12. The fourth-order valence-corrected chi connectivity index (χ4v) is 1.65. The summed E-state index contributed by atoms with van der Waals surface area (Å²) in [4.78, 5) is 18.7. The van der Waals surface area contributed by atoms with Gasteiger partial charge in [-0.15, -0.1) is 0 Å². The second-order valence-corrected chi connectivity index (χ2v) is 5.37. The van der Waals surface area contributed by atoms with Gasteiger partial charge in [0.25, 0.3) is 0 Å². The average molecular weight is 258 g/mol. The number of aromatic nitrogens is 2. The zero-order valence-electron chi connectivity index (χ0n) is 11.3. The lowest BCUT2D eigenvalue weighted by atomic mass is 10.1. The van der Waals surface area contributed by atoms with Crippen molar-refractivity contribution < 1.29 is 4.79 Å². The summed E-state index contributed by atoms with van der Waals surface area (Å²) in [7, 11) is 0. The summed E-state index contributed by atoms with van der Waals surface area (Å²) >= 11 is 0. The molecule has 100 valence electrons. The number of hydrogen-bond donors (Lipinski definition) is 3. The molecule has 5 heteroatoms. The maximum atomic E-state index is 11.7. The lowest BCUT2D eigenvalue weighted by Crippen LogP contribution is -2.43. The molecule has 5 nitrogen and oxygen atoms in total. The topological polar surface area (TPSA) is 69.8 Å². The zero-order chi connectivity index (χ0) is 13.9. The number of carbonyl (C=O) groups excluding carboxylic acids is 1. The summed E-state index contributed by atoms with van der Waals surface area (Å²) in [5, 5.41) is 5.64.